The molecule has 0 bridgehead atoms. The summed E-state index contributed by atoms with van der Waals surface area (Å²) in [6.45, 7) is 3.74. The fourth-order valence-corrected chi connectivity index (χ4v) is 2.86. The Balaban J connectivity index is 1.61. The number of halogens is 1. The van der Waals surface area contributed by atoms with Crippen LogP contribution >= 0.6 is 11.6 Å². The van der Waals surface area contributed by atoms with E-state index in [1.807, 2.05) is 42.6 Å². The minimum Gasteiger partial charge on any atom is -0.348 e. The van der Waals surface area contributed by atoms with Crippen LogP contribution < -0.4 is 0 Å². The topological polar surface area (TPSA) is 31.4 Å². The Morgan fingerprint density at radius 3 is 2.43 bits per heavy atom. The molecule has 0 amide bonds. The third-order valence-corrected chi connectivity index (χ3v) is 4.38. The number of hydrogen-bond acceptors (Lipinski definition) is 3. The molecule has 1 saturated heterocycles. The summed E-state index contributed by atoms with van der Waals surface area (Å²) in [5.74, 6) is 0.521. The van der Waals surface area contributed by atoms with Crippen molar-refractivity contribution in [2.45, 2.75) is 32.5 Å². The van der Waals surface area contributed by atoms with Gasteiger partial charge in [0.1, 0.15) is 0 Å². The average molecular weight is 332 g/mol. The van der Waals surface area contributed by atoms with Crippen molar-refractivity contribution in [3.63, 3.8) is 0 Å². The SMILES string of the molecule is CCCC[C@H]1CO[C@H](c2ccc(-c3ccc(Cl)cc3)nc2)OC1. The maximum Gasteiger partial charge on any atom is 0.185 e. The normalized spacial score (nSPS) is 21.3. The van der Waals surface area contributed by atoms with Gasteiger partial charge in [-0.3, -0.25) is 4.98 Å². The molecule has 1 aliphatic rings. The van der Waals surface area contributed by atoms with Gasteiger partial charge in [0.2, 0.25) is 0 Å². The summed E-state index contributed by atoms with van der Waals surface area (Å²) in [7, 11) is 0. The lowest BCUT2D eigenvalue weighted by Gasteiger charge is -2.29. The zero-order chi connectivity index (χ0) is 16.1. The molecule has 0 saturated carbocycles. The van der Waals surface area contributed by atoms with Gasteiger partial charge in [-0.15, -0.1) is 0 Å². The molecule has 0 spiro atoms. The van der Waals surface area contributed by atoms with Gasteiger partial charge in [0.05, 0.1) is 18.9 Å². The molecule has 3 rings (SSSR count). The van der Waals surface area contributed by atoms with E-state index in [2.05, 4.69) is 11.9 Å². The van der Waals surface area contributed by atoms with Crippen LogP contribution in [0.25, 0.3) is 11.3 Å². The van der Waals surface area contributed by atoms with E-state index in [1.54, 1.807) is 0 Å². The summed E-state index contributed by atoms with van der Waals surface area (Å²) in [4.78, 5) is 4.52. The van der Waals surface area contributed by atoms with E-state index < -0.39 is 0 Å². The third-order valence-electron chi connectivity index (χ3n) is 4.13. The molecule has 1 aromatic heterocycles. The Morgan fingerprint density at radius 1 is 1.09 bits per heavy atom. The van der Waals surface area contributed by atoms with E-state index in [-0.39, 0.29) is 6.29 Å². The number of aromatic nitrogens is 1. The summed E-state index contributed by atoms with van der Waals surface area (Å²) >= 11 is 5.92. The quantitative estimate of drug-likeness (QED) is 0.749. The maximum absolute atomic E-state index is 5.92. The summed E-state index contributed by atoms with van der Waals surface area (Å²) < 4.78 is 11.7. The molecule has 2 aromatic rings. The van der Waals surface area contributed by atoms with E-state index >= 15 is 0 Å². The van der Waals surface area contributed by atoms with E-state index in [9.17, 15) is 0 Å². The van der Waals surface area contributed by atoms with Crippen LogP contribution in [0.5, 0.6) is 0 Å². The summed E-state index contributed by atoms with van der Waals surface area (Å²) in [5.41, 5.74) is 2.93. The number of nitrogens with zero attached hydrogens (tertiary/aromatic N) is 1. The smallest absolute Gasteiger partial charge is 0.185 e. The molecule has 122 valence electrons. The van der Waals surface area contributed by atoms with Gasteiger partial charge in [-0.2, -0.15) is 0 Å². The van der Waals surface area contributed by atoms with Crippen molar-refractivity contribution in [1.29, 1.82) is 0 Å². The zero-order valence-corrected chi connectivity index (χ0v) is 14.1. The fraction of sp³-hybridized carbons (Fsp3) is 0.421. The van der Waals surface area contributed by atoms with E-state index in [0.29, 0.717) is 5.92 Å². The van der Waals surface area contributed by atoms with Crippen LogP contribution in [0.15, 0.2) is 42.6 Å². The van der Waals surface area contributed by atoms with Gasteiger partial charge >= 0.3 is 0 Å². The van der Waals surface area contributed by atoms with Crippen molar-refractivity contribution in [2.24, 2.45) is 5.92 Å². The number of unbranched alkanes of at least 4 members (excludes halogenated alkanes) is 1. The van der Waals surface area contributed by atoms with Gasteiger partial charge in [0.15, 0.2) is 6.29 Å². The molecule has 4 heteroatoms. The molecule has 1 fully saturated rings. The number of pyridine rings is 1. The molecule has 2 heterocycles. The molecule has 1 aliphatic heterocycles. The van der Waals surface area contributed by atoms with Crippen LogP contribution in [0.2, 0.25) is 5.02 Å². The largest absolute Gasteiger partial charge is 0.348 e. The highest BCUT2D eigenvalue weighted by atomic mass is 35.5. The van der Waals surface area contributed by atoms with E-state index in [1.165, 1.54) is 19.3 Å². The van der Waals surface area contributed by atoms with Crippen molar-refractivity contribution >= 4 is 11.6 Å². The Labute approximate surface area is 142 Å². The first-order valence-electron chi connectivity index (χ1n) is 8.21. The lowest BCUT2D eigenvalue weighted by atomic mass is 10.0. The minimum atomic E-state index is -0.292. The first kappa shape index (κ1) is 16.4. The minimum absolute atomic E-state index is 0.292. The summed E-state index contributed by atoms with van der Waals surface area (Å²) in [6.07, 6.45) is 5.17. The highest BCUT2D eigenvalue weighted by Crippen LogP contribution is 2.28. The molecule has 23 heavy (non-hydrogen) atoms. The van der Waals surface area contributed by atoms with Gasteiger partial charge in [0, 0.05) is 28.3 Å². The Kier molecular flexibility index (Phi) is 5.65. The number of benzene rings is 1. The Bertz CT molecular complexity index is 604. The van der Waals surface area contributed by atoms with Crippen LogP contribution in [-0.2, 0) is 9.47 Å². The van der Waals surface area contributed by atoms with Gasteiger partial charge < -0.3 is 9.47 Å². The van der Waals surface area contributed by atoms with Crippen molar-refractivity contribution in [1.82, 2.24) is 4.98 Å². The van der Waals surface area contributed by atoms with Gasteiger partial charge in [0.25, 0.3) is 0 Å². The maximum atomic E-state index is 5.92. The Hall–Kier alpha value is -1.42. The highest BCUT2D eigenvalue weighted by Gasteiger charge is 2.23. The molecular formula is C19H22ClNO2. The van der Waals surface area contributed by atoms with Gasteiger partial charge in [-0.1, -0.05) is 49.6 Å². The van der Waals surface area contributed by atoms with Crippen molar-refractivity contribution in [3.8, 4) is 11.3 Å². The summed E-state index contributed by atoms with van der Waals surface area (Å²) in [6, 6.07) is 11.7. The number of rotatable bonds is 5. The third kappa shape index (κ3) is 4.31. The second-order valence-electron chi connectivity index (χ2n) is 5.99. The van der Waals surface area contributed by atoms with Crippen LogP contribution in [0, 0.1) is 5.92 Å². The van der Waals surface area contributed by atoms with Crippen LogP contribution in [0.3, 0.4) is 0 Å². The molecule has 0 radical (unpaired) electrons. The van der Waals surface area contributed by atoms with Crippen molar-refractivity contribution in [2.75, 3.05) is 13.2 Å². The average Bonchev–Trinajstić information content (AvgIpc) is 2.61. The molecule has 0 aliphatic carbocycles. The second-order valence-corrected chi connectivity index (χ2v) is 6.43. The van der Waals surface area contributed by atoms with E-state index in [0.717, 1.165) is 35.1 Å². The molecule has 3 nitrogen and oxygen atoms in total. The first-order chi connectivity index (χ1) is 11.3. The molecule has 0 N–H and O–H groups in total. The fourth-order valence-electron chi connectivity index (χ4n) is 2.73. The lowest BCUT2D eigenvalue weighted by Crippen LogP contribution is -2.27. The predicted octanol–water partition coefficient (Wildman–Crippen LogP) is 5.25. The highest BCUT2D eigenvalue weighted by molar-refractivity contribution is 6.30. The standard InChI is InChI=1S/C19H22ClNO2/c1-2-3-4-14-12-22-19(23-13-14)16-7-10-18(21-11-16)15-5-8-17(20)9-6-15/h5-11,14,19H,2-4,12-13H2,1H3/t14-,19-. The van der Waals surface area contributed by atoms with Gasteiger partial charge in [-0.25, -0.2) is 0 Å². The van der Waals surface area contributed by atoms with Crippen molar-refractivity contribution < 1.29 is 9.47 Å². The lowest BCUT2D eigenvalue weighted by molar-refractivity contribution is -0.206. The van der Waals surface area contributed by atoms with Gasteiger partial charge in [-0.05, 0) is 24.6 Å². The molecular weight excluding hydrogens is 310 g/mol. The van der Waals surface area contributed by atoms with Crippen LogP contribution in [0.4, 0.5) is 0 Å². The first-order valence-corrected chi connectivity index (χ1v) is 8.59. The number of hydrogen-bond donors (Lipinski definition) is 0. The molecule has 1 aromatic carbocycles. The van der Waals surface area contributed by atoms with Crippen LogP contribution in [0.1, 0.15) is 38.0 Å². The van der Waals surface area contributed by atoms with Crippen molar-refractivity contribution in [3.05, 3.63) is 53.2 Å². The molecule has 0 atom stereocenters. The monoisotopic (exact) mass is 331 g/mol. The summed E-state index contributed by atoms with van der Waals surface area (Å²) in [5, 5.41) is 0.729. The van der Waals surface area contributed by atoms with E-state index in [4.69, 9.17) is 21.1 Å². The Morgan fingerprint density at radius 2 is 1.83 bits per heavy atom. The van der Waals surface area contributed by atoms with Crippen LogP contribution in [-0.4, -0.2) is 18.2 Å². The second kappa shape index (κ2) is 7.91. The molecule has 0 unspecified atom stereocenters. The number of ether oxygens (including phenoxy) is 2. The zero-order valence-electron chi connectivity index (χ0n) is 13.4. The predicted molar refractivity (Wildman–Crippen MR) is 92.3 cm³/mol.